The van der Waals surface area contributed by atoms with Crippen LogP contribution in [0, 0.1) is 11.8 Å². The van der Waals surface area contributed by atoms with Gasteiger partial charge < -0.3 is 5.32 Å². The summed E-state index contributed by atoms with van der Waals surface area (Å²) in [7, 11) is 1.97. The molecular weight excluding hydrogens is 256 g/mol. The van der Waals surface area contributed by atoms with Gasteiger partial charge in [-0.15, -0.1) is 0 Å². The van der Waals surface area contributed by atoms with Gasteiger partial charge >= 0.3 is 0 Å². The van der Waals surface area contributed by atoms with E-state index in [1.165, 1.54) is 0 Å². The minimum atomic E-state index is 0.482. The molecule has 1 N–H and O–H groups in total. The van der Waals surface area contributed by atoms with Gasteiger partial charge in [-0.25, -0.2) is 0 Å². The van der Waals surface area contributed by atoms with Gasteiger partial charge in [0, 0.05) is 29.6 Å². The lowest BCUT2D eigenvalue weighted by Gasteiger charge is -2.04. The van der Waals surface area contributed by atoms with Gasteiger partial charge in [0.15, 0.2) is 0 Å². The summed E-state index contributed by atoms with van der Waals surface area (Å²) in [6, 6.07) is 12.5. The average Bonchev–Trinajstić information content (AvgIpc) is 2.54. The molecule has 106 valence electrons. The zero-order chi connectivity index (χ0) is 14.9. The van der Waals surface area contributed by atoms with Gasteiger partial charge in [0.2, 0.25) is 0 Å². The number of nitrogens with zero attached hydrogens (tertiary/aromatic N) is 1. The Morgan fingerprint density at radius 1 is 1.14 bits per heavy atom. The predicted octanol–water partition coefficient (Wildman–Crippen LogP) is 3.49. The van der Waals surface area contributed by atoms with Gasteiger partial charge in [0.1, 0.15) is 0 Å². The quantitative estimate of drug-likeness (QED) is 0.865. The van der Waals surface area contributed by atoms with Gasteiger partial charge in [0.25, 0.3) is 0 Å². The van der Waals surface area contributed by atoms with Gasteiger partial charge in [-0.05, 0) is 44.2 Å². The van der Waals surface area contributed by atoms with E-state index in [1.807, 2.05) is 43.6 Å². The van der Waals surface area contributed by atoms with Gasteiger partial charge in [-0.1, -0.05) is 42.2 Å². The van der Waals surface area contributed by atoms with E-state index in [1.54, 1.807) is 6.20 Å². The van der Waals surface area contributed by atoms with Crippen molar-refractivity contribution in [2.75, 3.05) is 7.05 Å². The van der Waals surface area contributed by atoms with Crippen molar-refractivity contribution in [2.24, 2.45) is 0 Å². The molecule has 21 heavy (non-hydrogen) atoms. The molecule has 0 saturated carbocycles. The van der Waals surface area contributed by atoms with E-state index < -0.39 is 0 Å². The normalized spacial score (nSPS) is 11.9. The van der Waals surface area contributed by atoms with Crippen molar-refractivity contribution in [3.8, 4) is 11.8 Å². The zero-order valence-electron chi connectivity index (χ0n) is 12.5. The minimum absolute atomic E-state index is 0.482. The molecule has 2 rings (SSSR count). The Morgan fingerprint density at radius 2 is 1.90 bits per heavy atom. The van der Waals surface area contributed by atoms with Crippen LogP contribution in [0.3, 0.4) is 0 Å². The highest BCUT2D eigenvalue weighted by Crippen LogP contribution is 2.06. The maximum absolute atomic E-state index is 4.25. The lowest BCUT2D eigenvalue weighted by molar-refractivity contribution is 0.621. The molecule has 0 fully saturated rings. The van der Waals surface area contributed by atoms with Crippen molar-refractivity contribution in [3.63, 3.8) is 0 Å². The molecule has 2 heteroatoms. The molecule has 0 spiro atoms. The number of pyridine rings is 1. The standard InChI is InChI=1S/C19H20N2/c1-16(20-2)7-6-10-18-13-19(15-21-14-18)12-11-17-8-4-3-5-9-17/h3-6,8-10,13-16,20H,7H2,1-2H3. The molecule has 1 aromatic carbocycles. The van der Waals surface area contributed by atoms with Crippen LogP contribution in [0.25, 0.3) is 6.08 Å². The van der Waals surface area contributed by atoms with E-state index >= 15 is 0 Å². The second-order valence-electron chi connectivity index (χ2n) is 4.95. The van der Waals surface area contributed by atoms with Crippen LogP contribution in [0.15, 0.2) is 54.9 Å². The first-order valence-electron chi connectivity index (χ1n) is 7.14. The number of rotatable bonds is 4. The summed E-state index contributed by atoms with van der Waals surface area (Å²) in [6.07, 6.45) is 8.90. The summed E-state index contributed by atoms with van der Waals surface area (Å²) >= 11 is 0. The van der Waals surface area contributed by atoms with E-state index in [0.29, 0.717) is 6.04 Å². The van der Waals surface area contributed by atoms with Crippen molar-refractivity contribution in [1.82, 2.24) is 10.3 Å². The predicted molar refractivity (Wildman–Crippen MR) is 88.8 cm³/mol. The first kappa shape index (κ1) is 15.0. The van der Waals surface area contributed by atoms with Crippen LogP contribution >= 0.6 is 0 Å². The third-order valence-electron chi connectivity index (χ3n) is 3.18. The number of hydrogen-bond donors (Lipinski definition) is 1. The molecule has 0 aliphatic rings. The van der Waals surface area contributed by atoms with E-state index in [9.17, 15) is 0 Å². The Hall–Kier alpha value is -2.37. The Morgan fingerprint density at radius 3 is 2.67 bits per heavy atom. The Bertz CT molecular complexity index is 648. The molecule has 0 bridgehead atoms. The highest BCUT2D eigenvalue weighted by Gasteiger charge is 1.94. The fourth-order valence-electron chi connectivity index (χ4n) is 1.81. The molecule has 1 aromatic heterocycles. The Kier molecular flexibility index (Phi) is 5.75. The molecule has 1 unspecified atom stereocenters. The van der Waals surface area contributed by atoms with Crippen LogP contribution in [0.2, 0.25) is 0 Å². The highest BCUT2D eigenvalue weighted by atomic mass is 14.8. The number of hydrogen-bond acceptors (Lipinski definition) is 2. The number of aromatic nitrogens is 1. The van der Waals surface area contributed by atoms with Crippen LogP contribution < -0.4 is 5.32 Å². The first-order valence-corrected chi connectivity index (χ1v) is 7.14. The summed E-state index contributed by atoms with van der Waals surface area (Å²) in [4.78, 5) is 4.25. The molecule has 2 aromatic rings. The second-order valence-corrected chi connectivity index (χ2v) is 4.95. The van der Waals surface area contributed by atoms with E-state index in [2.05, 4.69) is 47.3 Å². The molecule has 1 atom stereocenters. The molecule has 1 heterocycles. The molecule has 0 aliphatic carbocycles. The minimum Gasteiger partial charge on any atom is -0.317 e. The Labute approximate surface area is 126 Å². The summed E-state index contributed by atoms with van der Waals surface area (Å²) in [6.45, 7) is 2.16. The third-order valence-corrected chi connectivity index (χ3v) is 3.18. The summed E-state index contributed by atoms with van der Waals surface area (Å²) < 4.78 is 0. The molecule has 2 nitrogen and oxygen atoms in total. The molecular formula is C19H20N2. The molecule has 0 amide bonds. The van der Waals surface area contributed by atoms with Crippen LogP contribution in [0.4, 0.5) is 0 Å². The maximum Gasteiger partial charge on any atom is 0.0438 e. The highest BCUT2D eigenvalue weighted by molar-refractivity contribution is 5.52. The van der Waals surface area contributed by atoms with Gasteiger partial charge in [-0.2, -0.15) is 0 Å². The van der Waals surface area contributed by atoms with Gasteiger partial charge in [-0.3, -0.25) is 4.98 Å². The SMILES string of the molecule is CNC(C)CC=Cc1cncc(C#Cc2ccccc2)c1. The number of nitrogens with one attached hydrogen (secondary N) is 1. The second kappa shape index (κ2) is 8.04. The molecule has 0 saturated heterocycles. The summed E-state index contributed by atoms with van der Waals surface area (Å²) in [5.41, 5.74) is 3.03. The van der Waals surface area contributed by atoms with Crippen LogP contribution in [-0.2, 0) is 0 Å². The topological polar surface area (TPSA) is 24.9 Å². The number of benzene rings is 1. The lowest BCUT2D eigenvalue weighted by Crippen LogP contribution is -2.19. The first-order chi connectivity index (χ1) is 10.3. The van der Waals surface area contributed by atoms with Crippen molar-refractivity contribution in [1.29, 1.82) is 0 Å². The van der Waals surface area contributed by atoms with Gasteiger partial charge in [0.05, 0.1) is 0 Å². The fraction of sp³-hybridized carbons (Fsp3) is 0.211. The van der Waals surface area contributed by atoms with Crippen molar-refractivity contribution >= 4 is 6.08 Å². The summed E-state index contributed by atoms with van der Waals surface area (Å²) in [5, 5.41) is 3.21. The maximum atomic E-state index is 4.25. The molecule has 0 aliphatic heterocycles. The van der Waals surface area contributed by atoms with Crippen molar-refractivity contribution in [3.05, 3.63) is 71.6 Å². The third kappa shape index (κ3) is 5.25. The van der Waals surface area contributed by atoms with Crippen molar-refractivity contribution < 1.29 is 0 Å². The monoisotopic (exact) mass is 276 g/mol. The summed E-state index contributed by atoms with van der Waals surface area (Å²) in [5.74, 6) is 6.30. The van der Waals surface area contributed by atoms with E-state index in [4.69, 9.17) is 0 Å². The fourth-order valence-corrected chi connectivity index (χ4v) is 1.81. The van der Waals surface area contributed by atoms with E-state index in [-0.39, 0.29) is 0 Å². The smallest absolute Gasteiger partial charge is 0.0438 e. The van der Waals surface area contributed by atoms with Crippen LogP contribution in [0.1, 0.15) is 30.0 Å². The van der Waals surface area contributed by atoms with Crippen LogP contribution in [-0.4, -0.2) is 18.1 Å². The average molecular weight is 276 g/mol. The van der Waals surface area contributed by atoms with Crippen LogP contribution in [0.5, 0.6) is 0 Å². The lowest BCUT2D eigenvalue weighted by atomic mass is 10.1. The largest absolute Gasteiger partial charge is 0.317 e. The molecule has 0 radical (unpaired) electrons. The van der Waals surface area contributed by atoms with Crippen molar-refractivity contribution in [2.45, 2.75) is 19.4 Å². The zero-order valence-corrected chi connectivity index (χ0v) is 12.5. The Balaban J connectivity index is 2.06. The van der Waals surface area contributed by atoms with E-state index in [0.717, 1.165) is 23.1 Å².